The summed E-state index contributed by atoms with van der Waals surface area (Å²) < 4.78 is 1.19. The van der Waals surface area contributed by atoms with Crippen molar-refractivity contribution in [2.45, 2.75) is 12.8 Å². The van der Waals surface area contributed by atoms with Crippen molar-refractivity contribution in [3.63, 3.8) is 0 Å². The third kappa shape index (κ3) is 5.97. The van der Waals surface area contributed by atoms with Gasteiger partial charge in [0.25, 0.3) is 0 Å². The standard InChI is InChI=1S/C19H18N2O2S.Na.H/c22-19(23)9-4-12-20-15-6-3-5-14(13-15)10-11-18-21-16-7-1-2-8-17(16)24-18;;/h1-3,5-8,10-11,13,20H,4,9,12H2,(H,22,23);;/q;+1;-1/b11-10+;;. The third-order valence-corrected chi connectivity index (χ3v) is 4.51. The molecule has 0 saturated heterocycles. The van der Waals surface area contributed by atoms with E-state index in [1.54, 1.807) is 11.3 Å². The Morgan fingerprint density at radius 3 is 2.84 bits per heavy atom. The van der Waals surface area contributed by atoms with Crippen LogP contribution < -0.4 is 34.9 Å². The first-order valence-corrected chi connectivity index (χ1v) is 8.62. The van der Waals surface area contributed by atoms with Gasteiger partial charge in [-0.1, -0.05) is 30.3 Å². The van der Waals surface area contributed by atoms with Crippen LogP contribution in [0.1, 0.15) is 24.8 Å². The number of benzene rings is 2. The molecule has 3 aromatic rings. The molecule has 0 aliphatic carbocycles. The van der Waals surface area contributed by atoms with Crippen molar-refractivity contribution in [2.75, 3.05) is 11.9 Å². The third-order valence-electron chi connectivity index (χ3n) is 3.51. The second-order valence-corrected chi connectivity index (χ2v) is 6.46. The number of rotatable bonds is 7. The second-order valence-electron chi connectivity index (χ2n) is 5.40. The van der Waals surface area contributed by atoms with Crippen LogP contribution in [0.2, 0.25) is 0 Å². The van der Waals surface area contributed by atoms with Gasteiger partial charge >= 0.3 is 35.5 Å². The first-order valence-electron chi connectivity index (χ1n) is 7.80. The average Bonchev–Trinajstić information content (AvgIpc) is 3.00. The molecule has 3 rings (SSSR count). The fraction of sp³-hybridized carbons (Fsp3) is 0.158. The van der Waals surface area contributed by atoms with Gasteiger partial charge in [0.05, 0.1) is 10.2 Å². The largest absolute Gasteiger partial charge is 1.00 e. The van der Waals surface area contributed by atoms with Gasteiger partial charge in [0, 0.05) is 18.7 Å². The Morgan fingerprint density at radius 1 is 1.20 bits per heavy atom. The van der Waals surface area contributed by atoms with Gasteiger partial charge in [0.2, 0.25) is 0 Å². The van der Waals surface area contributed by atoms with E-state index in [2.05, 4.69) is 16.4 Å². The van der Waals surface area contributed by atoms with Crippen molar-refractivity contribution in [1.29, 1.82) is 0 Å². The number of para-hydroxylation sites is 1. The van der Waals surface area contributed by atoms with Crippen LogP contribution in [0, 0.1) is 0 Å². The molecule has 6 heteroatoms. The molecule has 0 fully saturated rings. The van der Waals surface area contributed by atoms with Crippen LogP contribution in [0.4, 0.5) is 5.69 Å². The number of nitrogens with zero attached hydrogens (tertiary/aromatic N) is 1. The quantitative estimate of drug-likeness (QED) is 0.498. The van der Waals surface area contributed by atoms with E-state index in [0.29, 0.717) is 13.0 Å². The van der Waals surface area contributed by atoms with E-state index >= 15 is 0 Å². The summed E-state index contributed by atoms with van der Waals surface area (Å²) >= 11 is 1.67. The molecule has 0 saturated carbocycles. The van der Waals surface area contributed by atoms with Crippen LogP contribution >= 0.6 is 11.3 Å². The predicted octanol–water partition coefficient (Wildman–Crippen LogP) is 1.86. The Kier molecular flexibility index (Phi) is 7.65. The van der Waals surface area contributed by atoms with Crippen LogP contribution in [0.25, 0.3) is 22.4 Å². The van der Waals surface area contributed by atoms with Crippen LogP contribution in [-0.2, 0) is 4.79 Å². The number of hydrogen-bond donors (Lipinski definition) is 2. The molecule has 1 aromatic heterocycles. The number of carboxylic acids is 1. The molecule has 0 radical (unpaired) electrons. The van der Waals surface area contributed by atoms with E-state index < -0.39 is 5.97 Å². The topological polar surface area (TPSA) is 62.2 Å². The minimum absolute atomic E-state index is 0. The van der Waals surface area contributed by atoms with E-state index in [-0.39, 0.29) is 37.4 Å². The van der Waals surface area contributed by atoms with Gasteiger partial charge in [-0.2, -0.15) is 0 Å². The Morgan fingerprint density at radius 2 is 2.04 bits per heavy atom. The fourth-order valence-electron chi connectivity index (χ4n) is 2.35. The van der Waals surface area contributed by atoms with Gasteiger partial charge in [0.15, 0.2) is 0 Å². The minimum Gasteiger partial charge on any atom is -1.00 e. The van der Waals surface area contributed by atoms with E-state index in [0.717, 1.165) is 21.8 Å². The summed E-state index contributed by atoms with van der Waals surface area (Å²) in [6, 6.07) is 16.2. The first-order chi connectivity index (χ1) is 11.7. The van der Waals surface area contributed by atoms with Crippen molar-refractivity contribution in [3.8, 4) is 0 Å². The molecule has 4 nitrogen and oxygen atoms in total. The van der Waals surface area contributed by atoms with Crippen LogP contribution in [0.3, 0.4) is 0 Å². The second kappa shape index (κ2) is 9.73. The summed E-state index contributed by atoms with van der Waals surface area (Å²) in [5, 5.41) is 12.9. The molecule has 25 heavy (non-hydrogen) atoms. The fourth-order valence-corrected chi connectivity index (χ4v) is 3.22. The van der Waals surface area contributed by atoms with Crippen LogP contribution in [-0.4, -0.2) is 22.6 Å². The summed E-state index contributed by atoms with van der Waals surface area (Å²) in [7, 11) is 0. The number of nitrogens with one attached hydrogen (secondary N) is 1. The molecule has 0 bridgehead atoms. The molecule has 124 valence electrons. The maximum absolute atomic E-state index is 10.5. The molecule has 0 atom stereocenters. The number of carbonyl (C=O) groups is 1. The minimum atomic E-state index is -0.760. The van der Waals surface area contributed by atoms with Crippen molar-refractivity contribution in [2.24, 2.45) is 0 Å². The molecule has 0 amide bonds. The molecular formula is C19H19N2NaO2S. The normalized spacial score (nSPS) is 10.7. The Hall–Kier alpha value is -1.66. The number of carboxylic acid groups (broad SMARTS) is 1. The molecule has 0 spiro atoms. The van der Waals surface area contributed by atoms with Gasteiger partial charge in [-0.3, -0.25) is 4.79 Å². The summed E-state index contributed by atoms with van der Waals surface area (Å²) in [5.74, 6) is -0.760. The van der Waals surface area contributed by atoms with Crippen LogP contribution in [0.15, 0.2) is 48.5 Å². The molecule has 0 aliphatic heterocycles. The number of aromatic nitrogens is 1. The molecule has 2 aromatic carbocycles. The van der Waals surface area contributed by atoms with Crippen molar-refractivity contribution in [3.05, 3.63) is 59.1 Å². The summed E-state index contributed by atoms with van der Waals surface area (Å²) in [4.78, 5) is 15.1. The first kappa shape index (κ1) is 19.7. The Balaban J connectivity index is 0.00000169. The number of hydrogen-bond acceptors (Lipinski definition) is 4. The molecule has 0 unspecified atom stereocenters. The molecule has 0 aliphatic rings. The Labute approximate surface area is 174 Å². The van der Waals surface area contributed by atoms with E-state index in [1.165, 1.54) is 4.70 Å². The van der Waals surface area contributed by atoms with E-state index in [1.807, 2.05) is 54.6 Å². The van der Waals surface area contributed by atoms with Crippen molar-refractivity contribution < 1.29 is 40.9 Å². The SMILES string of the molecule is O=C(O)CCCNc1cccc(/C=C/c2nc3ccccc3s2)c1.[H-].[Na+]. The predicted molar refractivity (Wildman–Crippen MR) is 101 cm³/mol. The zero-order chi connectivity index (χ0) is 16.8. The zero-order valence-electron chi connectivity index (χ0n) is 15.1. The van der Waals surface area contributed by atoms with Gasteiger partial charge in [0.1, 0.15) is 5.01 Å². The smallest absolute Gasteiger partial charge is 1.00 e. The number of aliphatic carboxylic acids is 1. The maximum Gasteiger partial charge on any atom is 1.00 e. The average molecular weight is 362 g/mol. The molecule has 1 heterocycles. The van der Waals surface area contributed by atoms with Gasteiger partial charge < -0.3 is 11.8 Å². The molecule has 2 N–H and O–H groups in total. The summed E-state index contributed by atoms with van der Waals surface area (Å²) in [6.07, 6.45) is 4.86. The van der Waals surface area contributed by atoms with E-state index in [4.69, 9.17) is 5.11 Å². The number of anilines is 1. The van der Waals surface area contributed by atoms with Gasteiger partial charge in [-0.15, -0.1) is 11.3 Å². The van der Waals surface area contributed by atoms with Gasteiger partial charge in [-0.05, 0) is 42.3 Å². The van der Waals surface area contributed by atoms with Gasteiger partial charge in [-0.25, -0.2) is 4.98 Å². The van der Waals surface area contributed by atoms with Crippen LogP contribution in [0.5, 0.6) is 0 Å². The summed E-state index contributed by atoms with van der Waals surface area (Å²) in [5.41, 5.74) is 3.10. The maximum atomic E-state index is 10.5. The number of thiazole rings is 1. The Bertz CT molecular complexity index is 850. The molecular weight excluding hydrogens is 343 g/mol. The zero-order valence-corrected chi connectivity index (χ0v) is 16.9. The van der Waals surface area contributed by atoms with Crippen molar-refractivity contribution >= 4 is 45.4 Å². The monoisotopic (exact) mass is 362 g/mol. The number of fused-ring (bicyclic) bond motifs is 1. The van der Waals surface area contributed by atoms with E-state index in [9.17, 15) is 4.79 Å². The summed E-state index contributed by atoms with van der Waals surface area (Å²) in [6.45, 7) is 0.650. The van der Waals surface area contributed by atoms with Crippen molar-refractivity contribution in [1.82, 2.24) is 4.98 Å².